The SMILES string of the molecule is CCN(CC)CCN1C(=O)C(=O)C(=C(O)c2ccc3c(c2)C[C@H](C)O3)[C@H]1c1ccccc1F. The highest BCUT2D eigenvalue weighted by molar-refractivity contribution is 6.46. The van der Waals surface area contributed by atoms with Crippen molar-refractivity contribution in [3.8, 4) is 5.75 Å². The Morgan fingerprint density at radius 3 is 2.61 bits per heavy atom. The van der Waals surface area contributed by atoms with Gasteiger partial charge in [0.05, 0.1) is 11.6 Å². The lowest BCUT2D eigenvalue weighted by molar-refractivity contribution is -0.140. The summed E-state index contributed by atoms with van der Waals surface area (Å²) in [6, 6.07) is 10.3. The Hall–Kier alpha value is -3.19. The predicted octanol–water partition coefficient (Wildman–Crippen LogP) is 3.91. The second-order valence-corrected chi connectivity index (χ2v) is 8.50. The first-order chi connectivity index (χ1) is 15.8. The zero-order valence-corrected chi connectivity index (χ0v) is 19.2. The summed E-state index contributed by atoms with van der Waals surface area (Å²) in [5.74, 6) is -1.61. The first-order valence-electron chi connectivity index (χ1n) is 11.4. The molecule has 1 N–H and O–H groups in total. The zero-order chi connectivity index (χ0) is 23.7. The normalized spacial score (nSPS) is 21.5. The van der Waals surface area contributed by atoms with Crippen molar-refractivity contribution >= 4 is 17.4 Å². The molecule has 2 heterocycles. The van der Waals surface area contributed by atoms with Crippen LogP contribution in [0.1, 0.15) is 43.5 Å². The molecule has 0 aliphatic carbocycles. The van der Waals surface area contributed by atoms with E-state index in [-0.39, 0.29) is 29.5 Å². The first kappa shape index (κ1) is 23.0. The quantitative estimate of drug-likeness (QED) is 0.392. The number of ketones is 1. The minimum absolute atomic E-state index is 0.0291. The van der Waals surface area contributed by atoms with Crippen LogP contribution < -0.4 is 4.74 Å². The molecule has 2 atom stereocenters. The molecule has 4 rings (SSSR count). The third-order valence-electron chi connectivity index (χ3n) is 6.46. The Bertz CT molecular complexity index is 1110. The Morgan fingerprint density at radius 1 is 1.18 bits per heavy atom. The number of rotatable bonds is 7. The number of Topliss-reactive ketones (excluding diaryl/α,β-unsaturated/α-hetero) is 1. The van der Waals surface area contributed by atoms with Gasteiger partial charge in [-0.25, -0.2) is 4.39 Å². The molecule has 0 saturated carbocycles. The van der Waals surface area contributed by atoms with E-state index in [1.807, 2.05) is 20.8 Å². The molecule has 0 aromatic heterocycles. The van der Waals surface area contributed by atoms with Gasteiger partial charge >= 0.3 is 0 Å². The summed E-state index contributed by atoms with van der Waals surface area (Å²) >= 11 is 0. The summed E-state index contributed by atoms with van der Waals surface area (Å²) in [7, 11) is 0. The van der Waals surface area contributed by atoms with Crippen LogP contribution in [0.2, 0.25) is 0 Å². The van der Waals surface area contributed by atoms with E-state index in [9.17, 15) is 19.1 Å². The number of likely N-dealkylation sites (N-methyl/N-ethyl adjacent to an activating group) is 1. The number of amides is 1. The highest BCUT2D eigenvalue weighted by Crippen LogP contribution is 2.41. The molecule has 33 heavy (non-hydrogen) atoms. The van der Waals surface area contributed by atoms with Crippen LogP contribution >= 0.6 is 0 Å². The summed E-state index contributed by atoms with van der Waals surface area (Å²) in [6.45, 7) is 8.37. The fourth-order valence-electron chi connectivity index (χ4n) is 4.64. The van der Waals surface area contributed by atoms with Crippen LogP contribution in [0.3, 0.4) is 0 Å². The highest BCUT2D eigenvalue weighted by atomic mass is 19.1. The van der Waals surface area contributed by atoms with Gasteiger partial charge < -0.3 is 19.6 Å². The van der Waals surface area contributed by atoms with Crippen molar-refractivity contribution in [2.75, 3.05) is 26.2 Å². The maximum atomic E-state index is 14.9. The third-order valence-corrected chi connectivity index (χ3v) is 6.46. The van der Waals surface area contributed by atoms with E-state index in [1.54, 1.807) is 36.4 Å². The zero-order valence-electron chi connectivity index (χ0n) is 19.2. The van der Waals surface area contributed by atoms with E-state index >= 15 is 0 Å². The lowest BCUT2D eigenvalue weighted by atomic mass is 9.94. The lowest BCUT2D eigenvalue weighted by Gasteiger charge is -2.28. The molecular weight excluding hydrogens is 423 g/mol. The summed E-state index contributed by atoms with van der Waals surface area (Å²) in [4.78, 5) is 29.7. The van der Waals surface area contributed by atoms with Crippen LogP contribution in [-0.4, -0.2) is 58.9 Å². The molecule has 2 aromatic rings. The van der Waals surface area contributed by atoms with E-state index in [2.05, 4.69) is 4.90 Å². The maximum Gasteiger partial charge on any atom is 0.295 e. The minimum atomic E-state index is -0.995. The second-order valence-electron chi connectivity index (χ2n) is 8.50. The average molecular weight is 453 g/mol. The molecule has 6 nitrogen and oxygen atoms in total. The van der Waals surface area contributed by atoms with E-state index < -0.39 is 23.5 Å². The largest absolute Gasteiger partial charge is 0.507 e. The van der Waals surface area contributed by atoms with Gasteiger partial charge in [0.25, 0.3) is 11.7 Å². The number of benzene rings is 2. The topological polar surface area (TPSA) is 70.1 Å². The number of aliphatic hydroxyl groups excluding tert-OH is 1. The Morgan fingerprint density at radius 2 is 1.91 bits per heavy atom. The monoisotopic (exact) mass is 452 g/mol. The molecule has 174 valence electrons. The van der Waals surface area contributed by atoms with Gasteiger partial charge in [-0.3, -0.25) is 9.59 Å². The van der Waals surface area contributed by atoms with Gasteiger partial charge in [-0.1, -0.05) is 32.0 Å². The number of aliphatic hydroxyl groups is 1. The average Bonchev–Trinajstić information content (AvgIpc) is 3.30. The highest BCUT2D eigenvalue weighted by Gasteiger charge is 2.46. The minimum Gasteiger partial charge on any atom is -0.507 e. The van der Waals surface area contributed by atoms with E-state index in [1.165, 1.54) is 11.0 Å². The number of likely N-dealkylation sites (tertiary alicyclic amines) is 1. The van der Waals surface area contributed by atoms with Crippen LogP contribution in [0, 0.1) is 5.82 Å². The van der Waals surface area contributed by atoms with Gasteiger partial charge in [0.15, 0.2) is 0 Å². The number of hydrogen-bond acceptors (Lipinski definition) is 5. The number of fused-ring (bicyclic) bond motifs is 1. The van der Waals surface area contributed by atoms with Crippen molar-refractivity contribution in [2.45, 2.75) is 39.3 Å². The van der Waals surface area contributed by atoms with Crippen molar-refractivity contribution in [3.63, 3.8) is 0 Å². The van der Waals surface area contributed by atoms with E-state index in [0.717, 1.165) is 24.4 Å². The molecule has 0 unspecified atom stereocenters. The number of carbonyl (C=O) groups is 2. The Balaban J connectivity index is 1.80. The molecule has 2 aliphatic rings. The van der Waals surface area contributed by atoms with Gasteiger partial charge in [0.2, 0.25) is 0 Å². The molecule has 0 bridgehead atoms. The molecular formula is C26H29FN2O4. The summed E-state index contributed by atoms with van der Waals surface area (Å²) in [6.07, 6.45) is 0.715. The molecule has 0 radical (unpaired) electrons. The van der Waals surface area contributed by atoms with E-state index in [4.69, 9.17) is 4.74 Å². The van der Waals surface area contributed by atoms with Gasteiger partial charge in [0.1, 0.15) is 23.4 Å². The van der Waals surface area contributed by atoms with Gasteiger partial charge in [-0.05, 0) is 49.8 Å². The Kier molecular flexibility index (Phi) is 6.51. The van der Waals surface area contributed by atoms with Gasteiger partial charge in [-0.2, -0.15) is 0 Å². The maximum absolute atomic E-state index is 14.9. The van der Waals surface area contributed by atoms with Crippen LogP contribution in [0.4, 0.5) is 4.39 Å². The number of hydrogen-bond donors (Lipinski definition) is 1. The number of nitrogens with zero attached hydrogens (tertiary/aromatic N) is 2. The summed E-state index contributed by atoms with van der Waals surface area (Å²) < 4.78 is 20.6. The smallest absolute Gasteiger partial charge is 0.295 e. The molecule has 1 amide bonds. The van der Waals surface area contributed by atoms with Crippen molar-refractivity contribution in [1.82, 2.24) is 9.80 Å². The fraction of sp³-hybridized carbons (Fsp3) is 0.385. The summed E-state index contributed by atoms with van der Waals surface area (Å²) in [5.41, 5.74) is 1.44. The van der Waals surface area contributed by atoms with Crippen molar-refractivity contribution < 1.29 is 23.8 Å². The van der Waals surface area contributed by atoms with Crippen molar-refractivity contribution in [3.05, 3.63) is 70.5 Å². The molecule has 1 fully saturated rings. The first-order valence-corrected chi connectivity index (χ1v) is 11.4. The molecule has 2 aromatic carbocycles. The number of carbonyl (C=O) groups excluding carboxylic acids is 2. The molecule has 1 saturated heterocycles. The van der Waals surface area contributed by atoms with Crippen LogP contribution in [0.15, 0.2) is 48.0 Å². The molecule has 2 aliphatic heterocycles. The number of halogens is 1. The van der Waals surface area contributed by atoms with Crippen LogP contribution in [-0.2, 0) is 16.0 Å². The van der Waals surface area contributed by atoms with E-state index in [0.29, 0.717) is 18.5 Å². The Labute approximate surface area is 193 Å². The third kappa shape index (κ3) is 4.25. The van der Waals surface area contributed by atoms with Gasteiger partial charge in [0, 0.05) is 30.6 Å². The van der Waals surface area contributed by atoms with Gasteiger partial charge in [-0.15, -0.1) is 0 Å². The lowest BCUT2D eigenvalue weighted by Crippen LogP contribution is -2.38. The van der Waals surface area contributed by atoms with Crippen molar-refractivity contribution in [2.24, 2.45) is 0 Å². The fourth-order valence-corrected chi connectivity index (χ4v) is 4.64. The second kappa shape index (κ2) is 9.35. The summed E-state index contributed by atoms with van der Waals surface area (Å²) in [5, 5.41) is 11.2. The molecule has 0 spiro atoms. The molecule has 7 heteroatoms. The number of ether oxygens (including phenoxy) is 1. The van der Waals surface area contributed by atoms with Crippen molar-refractivity contribution in [1.29, 1.82) is 0 Å². The van der Waals surface area contributed by atoms with Crippen LogP contribution in [0.25, 0.3) is 5.76 Å². The van der Waals surface area contributed by atoms with Crippen LogP contribution in [0.5, 0.6) is 5.75 Å². The standard InChI is InChI=1S/C26H29FN2O4/c1-4-28(5-2)12-13-29-23(19-8-6-7-9-20(19)27)22(25(31)26(29)32)24(30)17-10-11-21-18(15-17)14-16(3)33-21/h6-11,15-16,23,30H,4-5,12-14H2,1-3H3/t16-,23+/m0/s1. The predicted molar refractivity (Wildman–Crippen MR) is 123 cm³/mol.